The van der Waals surface area contributed by atoms with Gasteiger partial charge in [0.1, 0.15) is 5.75 Å². The number of carbonyl (C=O) groups is 1. The molecule has 0 bridgehead atoms. The first-order chi connectivity index (χ1) is 10.8. The third-order valence-electron chi connectivity index (χ3n) is 4.28. The first-order valence-corrected chi connectivity index (χ1v) is 8.62. The molecule has 2 aromatic rings. The van der Waals surface area contributed by atoms with E-state index >= 15 is 0 Å². The SMILES string of the molecule is COc1ccc(C2CCCCN(C(=O)c3cccs3)C2)cc1. The van der Waals surface area contributed by atoms with Crippen molar-refractivity contribution in [2.45, 2.75) is 25.2 Å². The van der Waals surface area contributed by atoms with Gasteiger partial charge in [-0.25, -0.2) is 0 Å². The Labute approximate surface area is 135 Å². The maximum absolute atomic E-state index is 12.6. The molecule has 22 heavy (non-hydrogen) atoms. The van der Waals surface area contributed by atoms with Crippen LogP contribution in [0.4, 0.5) is 0 Å². The Bertz CT molecular complexity index is 607. The summed E-state index contributed by atoms with van der Waals surface area (Å²) in [5.41, 5.74) is 1.30. The molecule has 1 aromatic carbocycles. The Balaban J connectivity index is 1.75. The predicted molar refractivity (Wildman–Crippen MR) is 89.8 cm³/mol. The van der Waals surface area contributed by atoms with E-state index in [1.165, 1.54) is 23.3 Å². The minimum Gasteiger partial charge on any atom is -0.497 e. The Hall–Kier alpha value is -1.81. The van der Waals surface area contributed by atoms with Gasteiger partial charge in [0.05, 0.1) is 12.0 Å². The smallest absolute Gasteiger partial charge is 0.263 e. The lowest BCUT2D eigenvalue weighted by Gasteiger charge is -2.24. The summed E-state index contributed by atoms with van der Waals surface area (Å²) >= 11 is 1.53. The highest BCUT2D eigenvalue weighted by Gasteiger charge is 2.24. The summed E-state index contributed by atoms with van der Waals surface area (Å²) < 4.78 is 5.23. The second-order valence-electron chi connectivity index (χ2n) is 5.69. The zero-order valence-corrected chi connectivity index (χ0v) is 13.6. The number of hydrogen-bond donors (Lipinski definition) is 0. The molecule has 116 valence electrons. The van der Waals surface area contributed by atoms with Gasteiger partial charge < -0.3 is 9.64 Å². The molecule has 1 fully saturated rings. The van der Waals surface area contributed by atoms with Crippen LogP contribution in [-0.4, -0.2) is 31.0 Å². The van der Waals surface area contributed by atoms with E-state index in [-0.39, 0.29) is 5.91 Å². The average molecular weight is 315 g/mol. The molecule has 0 saturated carbocycles. The number of methoxy groups -OCH3 is 1. The van der Waals surface area contributed by atoms with Gasteiger partial charge in [0.15, 0.2) is 0 Å². The molecule has 1 atom stereocenters. The maximum Gasteiger partial charge on any atom is 0.263 e. The predicted octanol–water partition coefficient (Wildman–Crippen LogP) is 4.17. The van der Waals surface area contributed by atoms with Crippen LogP contribution in [0, 0.1) is 0 Å². The third-order valence-corrected chi connectivity index (χ3v) is 5.14. The van der Waals surface area contributed by atoms with E-state index in [2.05, 4.69) is 12.1 Å². The highest BCUT2D eigenvalue weighted by molar-refractivity contribution is 7.12. The Kier molecular flexibility index (Phi) is 4.78. The van der Waals surface area contributed by atoms with Gasteiger partial charge >= 0.3 is 0 Å². The minimum atomic E-state index is 0.176. The highest BCUT2D eigenvalue weighted by Crippen LogP contribution is 2.29. The van der Waals surface area contributed by atoms with Crippen molar-refractivity contribution in [1.82, 2.24) is 4.90 Å². The van der Waals surface area contributed by atoms with Crippen LogP contribution in [0.2, 0.25) is 0 Å². The van der Waals surface area contributed by atoms with Crippen molar-refractivity contribution in [3.63, 3.8) is 0 Å². The van der Waals surface area contributed by atoms with Crippen molar-refractivity contribution in [2.75, 3.05) is 20.2 Å². The molecule has 1 saturated heterocycles. The molecule has 0 aliphatic carbocycles. The molecule has 1 aliphatic rings. The number of carbonyl (C=O) groups excluding carboxylic acids is 1. The lowest BCUT2D eigenvalue weighted by atomic mass is 9.94. The van der Waals surface area contributed by atoms with Crippen molar-refractivity contribution in [2.24, 2.45) is 0 Å². The quantitative estimate of drug-likeness (QED) is 0.851. The van der Waals surface area contributed by atoms with E-state index < -0.39 is 0 Å². The van der Waals surface area contributed by atoms with Crippen molar-refractivity contribution in [3.05, 3.63) is 52.2 Å². The van der Waals surface area contributed by atoms with Gasteiger partial charge in [0.25, 0.3) is 5.91 Å². The molecule has 4 heteroatoms. The molecule has 1 unspecified atom stereocenters. The normalized spacial score (nSPS) is 18.8. The van der Waals surface area contributed by atoms with Gasteiger partial charge in [-0.05, 0) is 42.0 Å². The number of nitrogens with zero attached hydrogens (tertiary/aromatic N) is 1. The second kappa shape index (κ2) is 6.97. The fourth-order valence-corrected chi connectivity index (χ4v) is 3.72. The van der Waals surface area contributed by atoms with Crippen LogP contribution in [0.5, 0.6) is 5.75 Å². The summed E-state index contributed by atoms with van der Waals surface area (Å²) in [4.78, 5) is 15.5. The van der Waals surface area contributed by atoms with E-state index in [9.17, 15) is 4.79 Å². The topological polar surface area (TPSA) is 29.5 Å². The Morgan fingerprint density at radius 3 is 2.73 bits per heavy atom. The molecular weight excluding hydrogens is 294 g/mol. The van der Waals surface area contributed by atoms with Gasteiger partial charge in [0, 0.05) is 19.0 Å². The van der Waals surface area contributed by atoms with Crippen molar-refractivity contribution < 1.29 is 9.53 Å². The molecule has 0 N–H and O–H groups in total. The number of rotatable bonds is 3. The monoisotopic (exact) mass is 315 g/mol. The van der Waals surface area contributed by atoms with Gasteiger partial charge in [-0.3, -0.25) is 4.79 Å². The Morgan fingerprint density at radius 1 is 1.23 bits per heavy atom. The first kappa shape index (κ1) is 15.1. The maximum atomic E-state index is 12.6. The van der Waals surface area contributed by atoms with Gasteiger partial charge in [-0.15, -0.1) is 11.3 Å². The number of amides is 1. The van der Waals surface area contributed by atoms with Gasteiger partial charge in [-0.1, -0.05) is 24.6 Å². The molecule has 0 radical (unpaired) electrons. The second-order valence-corrected chi connectivity index (χ2v) is 6.64. The van der Waals surface area contributed by atoms with E-state index in [1.54, 1.807) is 7.11 Å². The molecular formula is C18H21NO2S. The van der Waals surface area contributed by atoms with E-state index in [1.807, 2.05) is 34.5 Å². The highest BCUT2D eigenvalue weighted by atomic mass is 32.1. The third kappa shape index (κ3) is 3.33. The molecule has 1 aliphatic heterocycles. The molecule has 1 aromatic heterocycles. The zero-order chi connectivity index (χ0) is 15.4. The van der Waals surface area contributed by atoms with Crippen LogP contribution in [0.3, 0.4) is 0 Å². The van der Waals surface area contributed by atoms with Crippen LogP contribution in [0.25, 0.3) is 0 Å². The summed E-state index contributed by atoms with van der Waals surface area (Å²) in [5, 5.41) is 1.96. The van der Waals surface area contributed by atoms with Crippen LogP contribution in [-0.2, 0) is 0 Å². The van der Waals surface area contributed by atoms with Crippen LogP contribution < -0.4 is 4.74 Å². The Morgan fingerprint density at radius 2 is 2.05 bits per heavy atom. The van der Waals surface area contributed by atoms with Crippen molar-refractivity contribution in [3.8, 4) is 5.75 Å². The lowest BCUT2D eigenvalue weighted by molar-refractivity contribution is 0.0759. The summed E-state index contributed by atoms with van der Waals surface area (Å²) in [7, 11) is 1.68. The van der Waals surface area contributed by atoms with Crippen LogP contribution in [0.1, 0.15) is 40.4 Å². The van der Waals surface area contributed by atoms with Gasteiger partial charge in [0.2, 0.25) is 0 Å². The lowest BCUT2D eigenvalue weighted by Crippen LogP contribution is -2.33. The zero-order valence-electron chi connectivity index (χ0n) is 12.8. The van der Waals surface area contributed by atoms with Gasteiger partial charge in [-0.2, -0.15) is 0 Å². The minimum absolute atomic E-state index is 0.176. The molecule has 3 nitrogen and oxygen atoms in total. The number of hydrogen-bond acceptors (Lipinski definition) is 3. The standard InChI is InChI=1S/C18H21NO2S/c1-21-16-9-7-14(8-10-16)15-5-2-3-11-19(13-15)18(20)17-6-4-12-22-17/h4,6-10,12,15H,2-3,5,11,13H2,1H3. The molecule has 3 rings (SSSR count). The van der Waals surface area contributed by atoms with Crippen molar-refractivity contribution in [1.29, 1.82) is 0 Å². The van der Waals surface area contributed by atoms with Crippen LogP contribution in [0.15, 0.2) is 41.8 Å². The molecule has 1 amide bonds. The van der Waals surface area contributed by atoms with Crippen molar-refractivity contribution >= 4 is 17.2 Å². The van der Waals surface area contributed by atoms with E-state index in [4.69, 9.17) is 4.74 Å². The fourth-order valence-electron chi connectivity index (χ4n) is 3.03. The van der Waals surface area contributed by atoms with Crippen LogP contribution >= 0.6 is 11.3 Å². The summed E-state index contributed by atoms with van der Waals surface area (Å²) in [6.07, 6.45) is 3.40. The fraction of sp³-hybridized carbons (Fsp3) is 0.389. The number of ether oxygens (including phenoxy) is 1. The molecule has 0 spiro atoms. The van der Waals surface area contributed by atoms with E-state index in [0.717, 1.165) is 36.6 Å². The average Bonchev–Trinajstić information content (AvgIpc) is 2.99. The first-order valence-electron chi connectivity index (χ1n) is 7.74. The summed E-state index contributed by atoms with van der Waals surface area (Å²) in [5.74, 6) is 1.47. The van der Waals surface area contributed by atoms with E-state index in [0.29, 0.717) is 5.92 Å². The summed E-state index contributed by atoms with van der Waals surface area (Å²) in [6.45, 7) is 1.67. The molecule has 2 heterocycles. The number of benzene rings is 1. The number of likely N-dealkylation sites (tertiary alicyclic amines) is 1. The summed E-state index contributed by atoms with van der Waals surface area (Å²) in [6, 6.07) is 12.1. The number of thiophene rings is 1. The largest absolute Gasteiger partial charge is 0.497 e.